The second kappa shape index (κ2) is 5.77. The van der Waals surface area contributed by atoms with E-state index in [1.54, 1.807) is 18.0 Å². The largest absolute Gasteiger partial charge is 0.322 e. The van der Waals surface area contributed by atoms with Crippen LogP contribution in [0.2, 0.25) is 0 Å². The summed E-state index contributed by atoms with van der Waals surface area (Å²) in [5, 5.41) is 10.8. The summed E-state index contributed by atoms with van der Waals surface area (Å²) in [6.45, 7) is 4.12. The molecule has 0 aliphatic carbocycles. The van der Waals surface area contributed by atoms with E-state index in [-0.39, 0.29) is 10.7 Å². The number of nitrogens with one attached hydrogen (secondary N) is 2. The quantitative estimate of drug-likeness (QED) is 0.895. The molecule has 1 atom stereocenters. The van der Waals surface area contributed by atoms with Crippen molar-refractivity contribution in [2.75, 3.05) is 24.2 Å². The smallest absolute Gasteiger partial charge is 0.240 e. The van der Waals surface area contributed by atoms with Crippen molar-refractivity contribution in [2.45, 2.75) is 43.4 Å². The number of rotatable bonds is 3. The van der Waals surface area contributed by atoms with Gasteiger partial charge in [0.2, 0.25) is 5.91 Å². The number of carbonyl (C=O) groups is 1. The van der Waals surface area contributed by atoms with Gasteiger partial charge in [-0.2, -0.15) is 5.10 Å². The van der Waals surface area contributed by atoms with Crippen molar-refractivity contribution < 1.29 is 4.79 Å². The van der Waals surface area contributed by atoms with Crippen LogP contribution < -0.4 is 10.6 Å². The van der Waals surface area contributed by atoms with Crippen molar-refractivity contribution in [3.8, 4) is 0 Å². The molecule has 0 bridgehead atoms. The van der Waals surface area contributed by atoms with Gasteiger partial charge in [-0.25, -0.2) is 0 Å². The van der Waals surface area contributed by atoms with Crippen LogP contribution in [0.5, 0.6) is 0 Å². The maximum absolute atomic E-state index is 12.3. The fourth-order valence-electron chi connectivity index (χ4n) is 2.89. The highest BCUT2D eigenvalue weighted by molar-refractivity contribution is 8.01. The average Bonchev–Trinajstić information content (AvgIpc) is 3.10. The van der Waals surface area contributed by atoms with E-state index in [0.29, 0.717) is 6.04 Å². The van der Waals surface area contributed by atoms with Crippen molar-refractivity contribution in [3.05, 3.63) is 12.4 Å². The first-order valence-corrected chi connectivity index (χ1v) is 8.36. The van der Waals surface area contributed by atoms with Crippen LogP contribution in [-0.2, 0) is 4.79 Å². The van der Waals surface area contributed by atoms with Gasteiger partial charge in [0, 0.05) is 6.20 Å². The Kier molecular flexibility index (Phi) is 4.03. The molecule has 2 aliphatic heterocycles. The molecule has 1 aromatic heterocycles. The van der Waals surface area contributed by atoms with Gasteiger partial charge >= 0.3 is 0 Å². The number of aromatic nitrogens is 2. The minimum Gasteiger partial charge on any atom is -0.322 e. The van der Waals surface area contributed by atoms with Gasteiger partial charge in [-0.3, -0.25) is 9.48 Å². The summed E-state index contributed by atoms with van der Waals surface area (Å²) in [4.78, 5) is 12.3. The zero-order chi connectivity index (χ0) is 14.0. The number of piperidine rings is 1. The monoisotopic (exact) mass is 294 g/mol. The lowest BCUT2D eigenvalue weighted by molar-refractivity contribution is -0.118. The van der Waals surface area contributed by atoms with E-state index in [4.69, 9.17) is 0 Å². The highest BCUT2D eigenvalue weighted by atomic mass is 32.2. The molecule has 1 unspecified atom stereocenters. The molecule has 0 saturated carbocycles. The topological polar surface area (TPSA) is 59.0 Å². The van der Waals surface area contributed by atoms with Crippen molar-refractivity contribution in [1.82, 2.24) is 15.1 Å². The van der Waals surface area contributed by atoms with Crippen molar-refractivity contribution >= 4 is 23.4 Å². The minimum atomic E-state index is -0.267. The molecule has 3 rings (SSSR count). The van der Waals surface area contributed by atoms with E-state index in [1.165, 1.54) is 0 Å². The van der Waals surface area contributed by atoms with E-state index in [1.807, 2.05) is 17.8 Å². The summed E-state index contributed by atoms with van der Waals surface area (Å²) >= 11 is 1.76. The van der Waals surface area contributed by atoms with Gasteiger partial charge in [0.1, 0.15) is 0 Å². The molecule has 1 aromatic rings. The van der Waals surface area contributed by atoms with E-state index in [9.17, 15) is 4.79 Å². The van der Waals surface area contributed by atoms with E-state index >= 15 is 0 Å². The Morgan fingerprint density at radius 3 is 3.05 bits per heavy atom. The molecular weight excluding hydrogens is 272 g/mol. The van der Waals surface area contributed by atoms with Gasteiger partial charge in [-0.15, -0.1) is 11.8 Å². The van der Waals surface area contributed by atoms with Crippen molar-refractivity contribution in [3.63, 3.8) is 0 Å². The fourth-order valence-corrected chi connectivity index (χ4v) is 4.10. The first-order valence-electron chi connectivity index (χ1n) is 7.38. The second-order valence-corrected chi connectivity index (χ2v) is 7.43. The summed E-state index contributed by atoms with van der Waals surface area (Å²) in [5.41, 5.74) is 0.822. The first-order chi connectivity index (χ1) is 9.67. The van der Waals surface area contributed by atoms with Crippen LogP contribution in [0, 0.1) is 0 Å². The highest BCUT2D eigenvalue weighted by Crippen LogP contribution is 2.38. The van der Waals surface area contributed by atoms with Crippen LogP contribution in [0.3, 0.4) is 0 Å². The summed E-state index contributed by atoms with van der Waals surface area (Å²) < 4.78 is 1.73. The van der Waals surface area contributed by atoms with Gasteiger partial charge in [-0.1, -0.05) is 0 Å². The maximum Gasteiger partial charge on any atom is 0.240 e. The van der Waals surface area contributed by atoms with Crippen LogP contribution in [-0.4, -0.2) is 39.3 Å². The molecule has 0 aromatic carbocycles. The molecule has 3 heterocycles. The number of thioether (sulfide) groups is 1. The number of hydrogen-bond donors (Lipinski definition) is 2. The SMILES string of the molecule is CC1(C(=O)Nc2cnn(C3CCNCC3)c2)CCCS1. The Balaban J connectivity index is 1.63. The molecule has 0 spiro atoms. The standard InChI is InChI=1S/C14H22N4OS/c1-14(5-2-8-20-14)13(19)17-11-9-16-18(10-11)12-3-6-15-7-4-12/h9-10,12,15H,2-8H2,1H3,(H,17,19). The highest BCUT2D eigenvalue weighted by Gasteiger charge is 2.37. The predicted molar refractivity (Wildman–Crippen MR) is 82.1 cm³/mol. The zero-order valence-electron chi connectivity index (χ0n) is 11.9. The molecule has 6 heteroatoms. The summed E-state index contributed by atoms with van der Waals surface area (Å²) in [6, 6.07) is 0.457. The molecule has 1 amide bonds. The van der Waals surface area contributed by atoms with Crippen LogP contribution in [0.15, 0.2) is 12.4 Å². The summed E-state index contributed by atoms with van der Waals surface area (Å²) in [7, 11) is 0. The molecule has 110 valence electrons. The maximum atomic E-state index is 12.3. The lowest BCUT2D eigenvalue weighted by atomic mass is 10.0. The van der Waals surface area contributed by atoms with Gasteiger partial charge in [-0.05, 0) is 51.4 Å². The lowest BCUT2D eigenvalue weighted by Crippen LogP contribution is -2.34. The van der Waals surface area contributed by atoms with Crippen LogP contribution in [0.4, 0.5) is 5.69 Å². The van der Waals surface area contributed by atoms with Crippen LogP contribution in [0.1, 0.15) is 38.6 Å². The third kappa shape index (κ3) is 2.86. The molecule has 2 N–H and O–H groups in total. The number of amides is 1. The molecule has 2 saturated heterocycles. The van der Waals surface area contributed by atoms with Crippen molar-refractivity contribution in [1.29, 1.82) is 0 Å². The summed E-state index contributed by atoms with van der Waals surface area (Å²) in [6.07, 6.45) is 8.03. The Hall–Kier alpha value is -1.01. The zero-order valence-corrected chi connectivity index (χ0v) is 12.7. The lowest BCUT2D eigenvalue weighted by Gasteiger charge is -2.23. The molecule has 2 fully saturated rings. The van der Waals surface area contributed by atoms with Gasteiger partial charge in [0.15, 0.2) is 0 Å². The Morgan fingerprint density at radius 2 is 2.35 bits per heavy atom. The van der Waals surface area contributed by atoms with Crippen LogP contribution >= 0.6 is 11.8 Å². The third-order valence-corrected chi connectivity index (χ3v) is 5.76. The van der Waals surface area contributed by atoms with Gasteiger partial charge in [0.05, 0.1) is 22.7 Å². The van der Waals surface area contributed by atoms with Crippen molar-refractivity contribution in [2.24, 2.45) is 0 Å². The van der Waals surface area contributed by atoms with Gasteiger partial charge < -0.3 is 10.6 Å². The number of anilines is 1. The van der Waals surface area contributed by atoms with E-state index in [2.05, 4.69) is 15.7 Å². The first kappa shape index (κ1) is 13.9. The molecule has 20 heavy (non-hydrogen) atoms. The summed E-state index contributed by atoms with van der Waals surface area (Å²) in [5.74, 6) is 1.20. The Labute approximate surface area is 123 Å². The van der Waals surface area contributed by atoms with Gasteiger partial charge in [0.25, 0.3) is 0 Å². The minimum absolute atomic E-state index is 0.116. The molecule has 2 aliphatic rings. The van der Waals surface area contributed by atoms with Crippen LogP contribution in [0.25, 0.3) is 0 Å². The molecule has 0 radical (unpaired) electrons. The average molecular weight is 294 g/mol. The fraction of sp³-hybridized carbons (Fsp3) is 0.714. The Morgan fingerprint density at radius 1 is 1.55 bits per heavy atom. The third-order valence-electron chi connectivity index (χ3n) is 4.24. The van der Waals surface area contributed by atoms with E-state index in [0.717, 1.165) is 50.2 Å². The molecule has 5 nitrogen and oxygen atoms in total. The van der Waals surface area contributed by atoms with E-state index < -0.39 is 0 Å². The number of nitrogens with zero attached hydrogens (tertiary/aromatic N) is 2. The Bertz CT molecular complexity index is 475. The predicted octanol–water partition coefficient (Wildman–Crippen LogP) is 2.03. The second-order valence-electron chi connectivity index (χ2n) is 5.83. The molecular formula is C14H22N4OS. The normalized spacial score (nSPS) is 27.6. The number of carbonyl (C=O) groups excluding carboxylic acids is 1. The number of hydrogen-bond acceptors (Lipinski definition) is 4.